The van der Waals surface area contributed by atoms with E-state index in [2.05, 4.69) is 4.98 Å². The van der Waals surface area contributed by atoms with Gasteiger partial charge in [-0.05, 0) is 6.08 Å². The van der Waals surface area contributed by atoms with Gasteiger partial charge in [-0.25, -0.2) is 4.98 Å². The summed E-state index contributed by atoms with van der Waals surface area (Å²) >= 11 is 7.56. The van der Waals surface area contributed by atoms with Crippen LogP contribution >= 0.6 is 22.9 Å². The number of hydrogen-bond acceptors (Lipinski definition) is 4. The van der Waals surface area contributed by atoms with E-state index in [1.165, 1.54) is 11.3 Å². The first kappa shape index (κ1) is 12.7. The largest absolute Gasteiger partial charge is 0.378 e. The summed E-state index contributed by atoms with van der Waals surface area (Å²) in [5.74, 6) is -0.0236. The molecule has 0 atom stereocenters. The fourth-order valence-corrected chi connectivity index (χ4v) is 2.97. The van der Waals surface area contributed by atoms with Gasteiger partial charge in [-0.2, -0.15) is 0 Å². The Bertz CT molecular complexity index is 628. The molecule has 2 aromatic rings. The van der Waals surface area contributed by atoms with Crippen molar-refractivity contribution in [2.45, 2.75) is 0 Å². The Morgan fingerprint density at radius 3 is 3.05 bits per heavy atom. The third-order valence-corrected chi connectivity index (χ3v) is 4.00. The van der Waals surface area contributed by atoms with Crippen molar-refractivity contribution < 1.29 is 9.53 Å². The van der Waals surface area contributed by atoms with Crippen LogP contribution in [-0.2, 0) is 9.53 Å². The predicted molar refractivity (Wildman–Crippen MR) is 74.5 cm³/mol. The molecule has 0 N–H and O–H groups in total. The number of morpholine rings is 1. The van der Waals surface area contributed by atoms with Crippen LogP contribution in [0.4, 0.5) is 0 Å². The van der Waals surface area contributed by atoms with Gasteiger partial charge in [0, 0.05) is 30.7 Å². The van der Waals surface area contributed by atoms with Gasteiger partial charge in [-0.3, -0.25) is 9.20 Å². The number of fused-ring (bicyclic) bond motifs is 1. The zero-order chi connectivity index (χ0) is 13.2. The molecule has 0 unspecified atom stereocenters. The number of carbonyl (C=O) groups is 1. The van der Waals surface area contributed by atoms with Crippen molar-refractivity contribution >= 4 is 39.9 Å². The Morgan fingerprint density at radius 2 is 2.26 bits per heavy atom. The summed E-state index contributed by atoms with van der Waals surface area (Å²) in [7, 11) is 0. The highest BCUT2D eigenvalue weighted by Crippen LogP contribution is 2.22. The summed E-state index contributed by atoms with van der Waals surface area (Å²) in [6.45, 7) is 2.47. The van der Waals surface area contributed by atoms with E-state index in [4.69, 9.17) is 16.3 Å². The third-order valence-electron chi connectivity index (χ3n) is 2.96. The number of hydrogen-bond donors (Lipinski definition) is 0. The molecule has 100 valence electrons. The van der Waals surface area contributed by atoms with Gasteiger partial charge < -0.3 is 9.64 Å². The van der Waals surface area contributed by atoms with Crippen LogP contribution in [0.1, 0.15) is 5.69 Å². The van der Waals surface area contributed by atoms with E-state index in [0.29, 0.717) is 31.5 Å². The molecule has 0 spiro atoms. The highest BCUT2D eigenvalue weighted by atomic mass is 35.5. The first-order valence-electron chi connectivity index (χ1n) is 5.91. The second-order valence-corrected chi connectivity index (χ2v) is 5.35. The fourth-order valence-electron chi connectivity index (χ4n) is 1.97. The van der Waals surface area contributed by atoms with E-state index in [1.807, 2.05) is 16.0 Å². The Labute approximate surface area is 119 Å². The normalized spacial score (nSPS) is 16.6. The van der Waals surface area contributed by atoms with Gasteiger partial charge in [0.2, 0.25) is 5.91 Å². The number of imidazole rings is 1. The van der Waals surface area contributed by atoms with Gasteiger partial charge in [0.25, 0.3) is 0 Å². The molecule has 1 saturated heterocycles. The molecule has 1 fully saturated rings. The van der Waals surface area contributed by atoms with Crippen LogP contribution in [0.15, 0.2) is 17.7 Å². The van der Waals surface area contributed by atoms with Gasteiger partial charge >= 0.3 is 0 Å². The maximum atomic E-state index is 12.0. The monoisotopic (exact) mass is 297 g/mol. The molecule has 0 saturated carbocycles. The summed E-state index contributed by atoms with van der Waals surface area (Å²) in [4.78, 5) is 18.8. The molecule has 1 aliphatic rings. The number of thiazole rings is 1. The van der Waals surface area contributed by atoms with E-state index in [1.54, 1.807) is 17.1 Å². The van der Waals surface area contributed by atoms with Crippen molar-refractivity contribution in [3.63, 3.8) is 0 Å². The molecule has 5 nitrogen and oxygen atoms in total. The lowest BCUT2D eigenvalue weighted by molar-refractivity contribution is -0.129. The van der Waals surface area contributed by atoms with Gasteiger partial charge in [-0.15, -0.1) is 11.3 Å². The average Bonchev–Trinajstić information content (AvgIpc) is 2.98. The molecule has 3 rings (SSSR count). The summed E-state index contributed by atoms with van der Waals surface area (Å²) in [5, 5.41) is 2.35. The summed E-state index contributed by atoms with van der Waals surface area (Å²) < 4.78 is 7.09. The minimum absolute atomic E-state index is 0.0236. The summed E-state index contributed by atoms with van der Waals surface area (Å²) in [6, 6.07) is 0. The SMILES string of the molecule is O=C(C=Cc1c(Cl)nc2sccn12)N1CCOCC1. The maximum Gasteiger partial charge on any atom is 0.246 e. The lowest BCUT2D eigenvalue weighted by Gasteiger charge is -2.25. The quantitative estimate of drug-likeness (QED) is 0.796. The molecular formula is C12H12ClN3O2S. The lowest BCUT2D eigenvalue weighted by atomic mass is 10.3. The van der Waals surface area contributed by atoms with Gasteiger partial charge in [0.1, 0.15) is 0 Å². The molecule has 2 aromatic heterocycles. The number of nitrogens with zero attached hydrogens (tertiary/aromatic N) is 3. The first-order valence-corrected chi connectivity index (χ1v) is 7.17. The highest BCUT2D eigenvalue weighted by Gasteiger charge is 2.15. The van der Waals surface area contributed by atoms with Crippen LogP contribution in [0.3, 0.4) is 0 Å². The Kier molecular flexibility index (Phi) is 3.54. The molecule has 0 aromatic carbocycles. The minimum atomic E-state index is -0.0236. The third kappa shape index (κ3) is 2.51. The topological polar surface area (TPSA) is 46.8 Å². The minimum Gasteiger partial charge on any atom is -0.378 e. The molecule has 0 bridgehead atoms. The van der Waals surface area contributed by atoms with Crippen molar-refractivity contribution in [2.75, 3.05) is 26.3 Å². The molecule has 19 heavy (non-hydrogen) atoms. The van der Waals surface area contributed by atoms with Crippen molar-refractivity contribution in [3.05, 3.63) is 28.5 Å². The van der Waals surface area contributed by atoms with Crippen LogP contribution in [0, 0.1) is 0 Å². The molecule has 1 amide bonds. The second kappa shape index (κ2) is 5.32. The van der Waals surface area contributed by atoms with E-state index in [-0.39, 0.29) is 5.91 Å². The number of ether oxygens (including phenoxy) is 1. The predicted octanol–water partition coefficient (Wildman–Crippen LogP) is 1.92. The van der Waals surface area contributed by atoms with Gasteiger partial charge in [-0.1, -0.05) is 11.6 Å². The Balaban J connectivity index is 1.79. The molecule has 0 radical (unpaired) electrons. The van der Waals surface area contributed by atoms with E-state index in [0.717, 1.165) is 10.7 Å². The first-order chi connectivity index (χ1) is 9.25. The van der Waals surface area contributed by atoms with Crippen LogP contribution in [0.5, 0.6) is 0 Å². The number of aromatic nitrogens is 2. The Morgan fingerprint density at radius 1 is 1.47 bits per heavy atom. The number of rotatable bonds is 2. The molecular weight excluding hydrogens is 286 g/mol. The zero-order valence-corrected chi connectivity index (χ0v) is 11.7. The van der Waals surface area contributed by atoms with Crippen molar-refractivity contribution in [2.24, 2.45) is 0 Å². The number of carbonyl (C=O) groups excluding carboxylic acids is 1. The molecule has 7 heteroatoms. The average molecular weight is 298 g/mol. The van der Waals surface area contributed by atoms with Gasteiger partial charge in [0.15, 0.2) is 10.1 Å². The second-order valence-electron chi connectivity index (χ2n) is 4.11. The fraction of sp³-hybridized carbons (Fsp3) is 0.333. The summed E-state index contributed by atoms with van der Waals surface area (Å²) in [6.07, 6.45) is 5.14. The van der Waals surface area contributed by atoms with E-state index >= 15 is 0 Å². The summed E-state index contributed by atoms with van der Waals surface area (Å²) in [5.41, 5.74) is 0.736. The standard InChI is InChI=1S/C12H12ClN3O2S/c13-11-9(16-5-8-19-12(16)14-11)1-2-10(17)15-3-6-18-7-4-15/h1-2,5,8H,3-4,6-7H2. The van der Waals surface area contributed by atoms with Crippen molar-refractivity contribution in [3.8, 4) is 0 Å². The molecule has 3 heterocycles. The zero-order valence-electron chi connectivity index (χ0n) is 10.1. The van der Waals surface area contributed by atoms with E-state index < -0.39 is 0 Å². The number of halogens is 1. The van der Waals surface area contributed by atoms with Crippen molar-refractivity contribution in [1.29, 1.82) is 0 Å². The van der Waals surface area contributed by atoms with E-state index in [9.17, 15) is 4.79 Å². The van der Waals surface area contributed by atoms with Crippen LogP contribution in [0.2, 0.25) is 5.15 Å². The lowest BCUT2D eigenvalue weighted by Crippen LogP contribution is -2.39. The van der Waals surface area contributed by atoms with Crippen LogP contribution in [-0.4, -0.2) is 46.5 Å². The van der Waals surface area contributed by atoms with Crippen molar-refractivity contribution in [1.82, 2.24) is 14.3 Å². The molecule has 0 aliphatic carbocycles. The smallest absolute Gasteiger partial charge is 0.246 e. The van der Waals surface area contributed by atoms with Crippen LogP contribution in [0.25, 0.3) is 11.0 Å². The molecule has 1 aliphatic heterocycles. The van der Waals surface area contributed by atoms with Gasteiger partial charge in [0.05, 0.1) is 18.9 Å². The number of amides is 1. The van der Waals surface area contributed by atoms with Crippen LogP contribution < -0.4 is 0 Å². The Hall–Kier alpha value is -1.37. The highest BCUT2D eigenvalue weighted by molar-refractivity contribution is 7.15. The maximum absolute atomic E-state index is 12.0.